The molecule has 2 heterocycles. The molecule has 2 aliphatic heterocycles. The van der Waals surface area contributed by atoms with Gasteiger partial charge >= 0.3 is 0 Å². The van der Waals surface area contributed by atoms with Crippen molar-refractivity contribution in [2.45, 2.75) is 51.8 Å². The summed E-state index contributed by atoms with van der Waals surface area (Å²) in [4.78, 5) is 16.8. The molecule has 5 nitrogen and oxygen atoms in total. The number of morpholine rings is 1. The van der Waals surface area contributed by atoms with Gasteiger partial charge in [-0.2, -0.15) is 0 Å². The minimum atomic E-state index is 0.168. The van der Waals surface area contributed by atoms with E-state index in [1.54, 1.807) is 0 Å². The van der Waals surface area contributed by atoms with Crippen LogP contribution in [0.4, 0.5) is 0 Å². The van der Waals surface area contributed by atoms with E-state index < -0.39 is 0 Å². The van der Waals surface area contributed by atoms with Gasteiger partial charge in [0.05, 0.1) is 19.3 Å². The van der Waals surface area contributed by atoms with Crippen LogP contribution >= 0.6 is 0 Å². The van der Waals surface area contributed by atoms with E-state index in [1.807, 2.05) is 11.8 Å². The fraction of sp³-hybridized carbons (Fsp3) is 0.933. The maximum absolute atomic E-state index is 12.5. The van der Waals surface area contributed by atoms with Crippen molar-refractivity contribution >= 4 is 5.91 Å². The van der Waals surface area contributed by atoms with Gasteiger partial charge in [-0.1, -0.05) is 13.8 Å². The Bertz CT molecular complexity index is 324. The molecule has 0 aromatic rings. The third kappa shape index (κ3) is 3.93. The summed E-state index contributed by atoms with van der Waals surface area (Å²) in [5.74, 6) is 0.260. The molecule has 20 heavy (non-hydrogen) atoms. The fourth-order valence-electron chi connectivity index (χ4n) is 3.12. The smallest absolute Gasteiger partial charge is 0.236 e. The molecule has 0 radical (unpaired) electrons. The predicted octanol–water partition coefficient (Wildman–Crippen LogP) is 0.696. The van der Waals surface area contributed by atoms with Gasteiger partial charge in [0.2, 0.25) is 5.91 Å². The molecule has 0 bridgehead atoms. The van der Waals surface area contributed by atoms with Crippen LogP contribution < -0.4 is 5.32 Å². The van der Waals surface area contributed by atoms with E-state index >= 15 is 0 Å². The van der Waals surface area contributed by atoms with Crippen LogP contribution in [0.3, 0.4) is 0 Å². The van der Waals surface area contributed by atoms with Crippen LogP contribution in [0.15, 0.2) is 0 Å². The van der Waals surface area contributed by atoms with Crippen molar-refractivity contribution in [3.05, 3.63) is 0 Å². The van der Waals surface area contributed by atoms with E-state index in [2.05, 4.69) is 24.1 Å². The third-order valence-electron chi connectivity index (χ3n) is 4.51. The zero-order valence-electron chi connectivity index (χ0n) is 13.1. The van der Waals surface area contributed by atoms with E-state index in [4.69, 9.17) is 4.74 Å². The molecule has 2 fully saturated rings. The Morgan fingerprint density at radius 1 is 1.30 bits per heavy atom. The number of rotatable bonds is 4. The van der Waals surface area contributed by atoms with Crippen molar-refractivity contribution in [3.8, 4) is 0 Å². The lowest BCUT2D eigenvalue weighted by Crippen LogP contribution is -2.59. The Hall–Kier alpha value is -0.650. The first-order valence-corrected chi connectivity index (χ1v) is 8.00. The van der Waals surface area contributed by atoms with E-state index in [0.29, 0.717) is 25.2 Å². The SMILES string of the molecule is CCC1CN(CC(=O)N2CCOC(C)C2)C(CC)CN1. The highest BCUT2D eigenvalue weighted by atomic mass is 16.5. The van der Waals surface area contributed by atoms with E-state index in [0.717, 1.165) is 39.0 Å². The summed E-state index contributed by atoms with van der Waals surface area (Å²) in [6.07, 6.45) is 2.38. The quantitative estimate of drug-likeness (QED) is 0.825. The standard InChI is InChI=1S/C15H29N3O2/c1-4-13-10-18(14(5-2)8-16-13)11-15(19)17-6-7-20-12(3)9-17/h12-14,16H,4-11H2,1-3H3. The number of piperazine rings is 1. The molecule has 1 amide bonds. The Labute approximate surface area is 122 Å². The van der Waals surface area contributed by atoms with Gasteiger partial charge < -0.3 is 15.0 Å². The largest absolute Gasteiger partial charge is 0.375 e. The highest BCUT2D eigenvalue weighted by molar-refractivity contribution is 5.78. The molecule has 2 aliphatic rings. The van der Waals surface area contributed by atoms with Gasteiger partial charge in [-0.05, 0) is 19.8 Å². The van der Waals surface area contributed by atoms with E-state index in [9.17, 15) is 4.79 Å². The number of carbonyl (C=O) groups is 1. The molecule has 0 aliphatic carbocycles. The van der Waals surface area contributed by atoms with Gasteiger partial charge in [-0.25, -0.2) is 0 Å². The molecular weight excluding hydrogens is 254 g/mol. The van der Waals surface area contributed by atoms with Crippen LogP contribution in [0, 0.1) is 0 Å². The van der Waals surface area contributed by atoms with Crippen molar-refractivity contribution in [2.75, 3.05) is 39.3 Å². The third-order valence-corrected chi connectivity index (χ3v) is 4.51. The molecule has 116 valence electrons. The van der Waals surface area contributed by atoms with Crippen LogP contribution in [0.1, 0.15) is 33.6 Å². The number of nitrogens with one attached hydrogen (secondary N) is 1. The molecule has 0 aromatic heterocycles. The minimum absolute atomic E-state index is 0.168. The molecule has 3 unspecified atom stereocenters. The second kappa shape index (κ2) is 7.38. The molecule has 0 aromatic carbocycles. The lowest BCUT2D eigenvalue weighted by molar-refractivity contribution is -0.140. The average molecular weight is 283 g/mol. The first-order valence-electron chi connectivity index (χ1n) is 8.00. The van der Waals surface area contributed by atoms with Gasteiger partial charge in [0, 0.05) is 38.3 Å². The van der Waals surface area contributed by atoms with Crippen molar-refractivity contribution in [2.24, 2.45) is 0 Å². The number of hydrogen-bond donors (Lipinski definition) is 1. The Kier molecular flexibility index (Phi) is 5.81. The summed E-state index contributed by atoms with van der Waals surface area (Å²) in [5, 5.41) is 3.57. The molecule has 0 saturated carbocycles. The Morgan fingerprint density at radius 3 is 2.75 bits per heavy atom. The first-order chi connectivity index (χ1) is 9.63. The van der Waals surface area contributed by atoms with Crippen molar-refractivity contribution < 1.29 is 9.53 Å². The summed E-state index contributed by atoms with van der Waals surface area (Å²) in [7, 11) is 0. The fourth-order valence-corrected chi connectivity index (χ4v) is 3.12. The molecule has 5 heteroatoms. The lowest BCUT2D eigenvalue weighted by Gasteiger charge is -2.41. The van der Waals surface area contributed by atoms with Gasteiger partial charge in [-0.3, -0.25) is 9.69 Å². The lowest BCUT2D eigenvalue weighted by atomic mass is 10.1. The monoisotopic (exact) mass is 283 g/mol. The first kappa shape index (κ1) is 15.7. The topological polar surface area (TPSA) is 44.8 Å². The van der Waals surface area contributed by atoms with Crippen molar-refractivity contribution in [1.82, 2.24) is 15.1 Å². The molecule has 1 N–H and O–H groups in total. The highest BCUT2D eigenvalue weighted by Gasteiger charge is 2.29. The van der Waals surface area contributed by atoms with Crippen LogP contribution in [0.25, 0.3) is 0 Å². The average Bonchev–Trinajstić information content (AvgIpc) is 2.47. The highest BCUT2D eigenvalue weighted by Crippen LogP contribution is 2.13. The number of carbonyl (C=O) groups excluding carboxylic acids is 1. The molecular formula is C15H29N3O2. The van der Waals surface area contributed by atoms with Crippen LogP contribution in [-0.2, 0) is 9.53 Å². The van der Waals surface area contributed by atoms with Crippen LogP contribution in [0.5, 0.6) is 0 Å². The van der Waals surface area contributed by atoms with Gasteiger partial charge in [0.15, 0.2) is 0 Å². The molecule has 0 spiro atoms. The zero-order valence-corrected chi connectivity index (χ0v) is 13.1. The van der Waals surface area contributed by atoms with Gasteiger partial charge in [0.25, 0.3) is 0 Å². The number of amides is 1. The summed E-state index contributed by atoms with van der Waals surface area (Å²) >= 11 is 0. The second-order valence-corrected chi connectivity index (χ2v) is 6.03. The van der Waals surface area contributed by atoms with Crippen LogP contribution in [0.2, 0.25) is 0 Å². The van der Waals surface area contributed by atoms with Crippen LogP contribution in [-0.4, -0.2) is 73.2 Å². The Morgan fingerprint density at radius 2 is 2.10 bits per heavy atom. The number of hydrogen-bond acceptors (Lipinski definition) is 4. The zero-order chi connectivity index (χ0) is 14.5. The summed E-state index contributed by atoms with van der Waals surface area (Å²) in [6, 6.07) is 1.01. The predicted molar refractivity (Wildman–Crippen MR) is 79.7 cm³/mol. The van der Waals surface area contributed by atoms with Crippen molar-refractivity contribution in [3.63, 3.8) is 0 Å². The van der Waals surface area contributed by atoms with Crippen molar-refractivity contribution in [1.29, 1.82) is 0 Å². The molecule has 2 saturated heterocycles. The molecule has 2 rings (SSSR count). The number of ether oxygens (including phenoxy) is 1. The number of nitrogens with zero attached hydrogens (tertiary/aromatic N) is 2. The Balaban J connectivity index is 1.90. The van der Waals surface area contributed by atoms with E-state index in [1.165, 1.54) is 0 Å². The second-order valence-electron chi connectivity index (χ2n) is 6.03. The maximum atomic E-state index is 12.5. The summed E-state index contributed by atoms with van der Waals surface area (Å²) in [5.41, 5.74) is 0. The summed E-state index contributed by atoms with van der Waals surface area (Å²) in [6.45, 7) is 11.1. The maximum Gasteiger partial charge on any atom is 0.236 e. The normalized spacial score (nSPS) is 32.4. The van der Waals surface area contributed by atoms with Gasteiger partial charge in [0.1, 0.15) is 0 Å². The minimum Gasteiger partial charge on any atom is -0.375 e. The summed E-state index contributed by atoms with van der Waals surface area (Å²) < 4.78 is 5.51. The van der Waals surface area contributed by atoms with E-state index in [-0.39, 0.29) is 12.0 Å². The molecule has 3 atom stereocenters. The van der Waals surface area contributed by atoms with Gasteiger partial charge in [-0.15, -0.1) is 0 Å².